The van der Waals surface area contributed by atoms with Crippen molar-refractivity contribution >= 4 is 17.5 Å². The second kappa shape index (κ2) is 9.55. The summed E-state index contributed by atoms with van der Waals surface area (Å²) in [6.45, 7) is 3.78. The molecule has 3 aromatic rings. The lowest BCUT2D eigenvalue weighted by atomic mass is 10.1. The lowest BCUT2D eigenvalue weighted by molar-refractivity contribution is -0.274. The zero-order chi connectivity index (χ0) is 24.2. The average molecular weight is 470 g/mol. The summed E-state index contributed by atoms with van der Waals surface area (Å²) in [5.74, 6) is -0.312. The van der Waals surface area contributed by atoms with E-state index in [0.717, 1.165) is 18.2 Å². The first-order valence-corrected chi connectivity index (χ1v) is 9.89. The first kappa shape index (κ1) is 24.1. The summed E-state index contributed by atoms with van der Waals surface area (Å²) in [6, 6.07) is 11.3. The Morgan fingerprint density at radius 2 is 1.67 bits per heavy atom. The number of hydrogen-bond donors (Lipinski definition) is 2. The predicted octanol–water partition coefficient (Wildman–Crippen LogP) is 7.02. The minimum atomic E-state index is -4.87. The summed E-state index contributed by atoms with van der Waals surface area (Å²) < 4.78 is 81.9. The summed E-state index contributed by atoms with van der Waals surface area (Å²) in [7, 11) is 0. The Labute approximate surface area is 185 Å². The van der Waals surface area contributed by atoms with Gasteiger partial charge in [0.15, 0.2) is 0 Å². The van der Waals surface area contributed by atoms with Crippen molar-refractivity contribution in [3.05, 3.63) is 60.2 Å². The molecule has 0 saturated heterocycles. The number of para-hydroxylation sites is 1. The average Bonchev–Trinajstić information content (AvgIpc) is 2.72. The number of benzene rings is 2. The van der Waals surface area contributed by atoms with Gasteiger partial charge < -0.3 is 15.4 Å². The molecule has 1 atom stereocenters. The zero-order valence-corrected chi connectivity index (χ0v) is 17.6. The number of halogens is 6. The number of aromatic nitrogens is 2. The summed E-state index contributed by atoms with van der Waals surface area (Å²) in [4.78, 5) is 8.56. The SMILES string of the molecule is CC[C@@H](C)Nc1nc(Nc2ccccc2C(F)(F)F)cc(-c2cccc(OC(F)(F)F)c2)n1. The van der Waals surface area contributed by atoms with Crippen molar-refractivity contribution in [3.63, 3.8) is 0 Å². The highest BCUT2D eigenvalue weighted by atomic mass is 19.4. The topological polar surface area (TPSA) is 59.1 Å². The van der Waals surface area contributed by atoms with Crippen molar-refractivity contribution < 1.29 is 31.1 Å². The molecular weight excluding hydrogens is 450 g/mol. The van der Waals surface area contributed by atoms with Gasteiger partial charge in [-0.15, -0.1) is 13.2 Å². The summed E-state index contributed by atoms with van der Waals surface area (Å²) in [6.07, 6.45) is -8.76. The van der Waals surface area contributed by atoms with Crippen LogP contribution in [-0.2, 0) is 6.18 Å². The number of ether oxygens (including phenoxy) is 1. The van der Waals surface area contributed by atoms with Crippen molar-refractivity contribution in [1.29, 1.82) is 0 Å². The first-order valence-electron chi connectivity index (χ1n) is 9.89. The van der Waals surface area contributed by atoms with Crippen LogP contribution in [0.2, 0.25) is 0 Å². The van der Waals surface area contributed by atoms with Crippen LogP contribution in [0.5, 0.6) is 5.75 Å². The van der Waals surface area contributed by atoms with Gasteiger partial charge in [-0.2, -0.15) is 18.2 Å². The molecule has 3 rings (SSSR count). The van der Waals surface area contributed by atoms with Crippen molar-refractivity contribution in [3.8, 4) is 17.0 Å². The van der Waals surface area contributed by atoms with Gasteiger partial charge in [0.1, 0.15) is 11.6 Å². The van der Waals surface area contributed by atoms with Crippen molar-refractivity contribution in [2.45, 2.75) is 38.8 Å². The monoisotopic (exact) mass is 470 g/mol. The van der Waals surface area contributed by atoms with E-state index >= 15 is 0 Å². The zero-order valence-electron chi connectivity index (χ0n) is 17.6. The third kappa shape index (κ3) is 6.74. The van der Waals surface area contributed by atoms with Crippen LogP contribution in [0.25, 0.3) is 11.3 Å². The Morgan fingerprint density at radius 3 is 2.33 bits per heavy atom. The van der Waals surface area contributed by atoms with Gasteiger partial charge in [-0.05, 0) is 37.6 Å². The normalized spacial score (nSPS) is 12.8. The predicted molar refractivity (Wildman–Crippen MR) is 112 cm³/mol. The van der Waals surface area contributed by atoms with Crippen molar-refractivity contribution in [1.82, 2.24) is 9.97 Å². The molecule has 5 nitrogen and oxygen atoms in total. The van der Waals surface area contributed by atoms with Gasteiger partial charge in [-0.3, -0.25) is 0 Å². The second-order valence-corrected chi connectivity index (χ2v) is 7.16. The highest BCUT2D eigenvalue weighted by molar-refractivity contribution is 5.69. The molecule has 0 unspecified atom stereocenters. The van der Waals surface area contributed by atoms with Crippen LogP contribution in [0, 0.1) is 0 Å². The fourth-order valence-electron chi connectivity index (χ4n) is 2.88. The largest absolute Gasteiger partial charge is 0.573 e. The van der Waals surface area contributed by atoms with E-state index in [1.807, 2.05) is 13.8 Å². The molecule has 0 aliphatic rings. The fraction of sp³-hybridized carbons (Fsp3) is 0.273. The molecular formula is C22H20F6N4O. The van der Waals surface area contributed by atoms with E-state index in [4.69, 9.17) is 0 Å². The quantitative estimate of drug-likeness (QED) is 0.364. The molecule has 0 fully saturated rings. The Balaban J connectivity index is 2.04. The second-order valence-electron chi connectivity index (χ2n) is 7.16. The van der Waals surface area contributed by atoms with Crippen LogP contribution in [0.4, 0.5) is 43.8 Å². The van der Waals surface area contributed by atoms with E-state index in [-0.39, 0.29) is 34.8 Å². The van der Waals surface area contributed by atoms with Crippen molar-refractivity contribution in [2.24, 2.45) is 0 Å². The van der Waals surface area contributed by atoms with Gasteiger partial charge in [0.05, 0.1) is 16.9 Å². The highest BCUT2D eigenvalue weighted by Crippen LogP contribution is 2.36. The molecule has 33 heavy (non-hydrogen) atoms. The smallest absolute Gasteiger partial charge is 0.406 e. The Morgan fingerprint density at radius 1 is 0.939 bits per heavy atom. The van der Waals surface area contributed by atoms with Crippen LogP contribution in [-0.4, -0.2) is 22.4 Å². The van der Waals surface area contributed by atoms with Crippen LogP contribution < -0.4 is 15.4 Å². The van der Waals surface area contributed by atoms with Crippen LogP contribution in [0.3, 0.4) is 0 Å². The van der Waals surface area contributed by atoms with Crippen molar-refractivity contribution in [2.75, 3.05) is 10.6 Å². The lowest BCUT2D eigenvalue weighted by Gasteiger charge is -2.17. The molecule has 2 aromatic carbocycles. The molecule has 1 heterocycles. The van der Waals surface area contributed by atoms with E-state index < -0.39 is 23.9 Å². The molecule has 0 radical (unpaired) electrons. The summed E-state index contributed by atoms with van der Waals surface area (Å²) in [5.41, 5.74) is -0.658. The number of alkyl halides is 6. The van der Waals surface area contributed by atoms with Gasteiger partial charge in [0.2, 0.25) is 5.95 Å². The molecule has 176 valence electrons. The third-order valence-electron chi connectivity index (χ3n) is 4.57. The number of rotatable bonds is 7. The number of anilines is 3. The molecule has 11 heteroatoms. The Hall–Kier alpha value is -3.50. The Bertz CT molecular complexity index is 1100. The number of hydrogen-bond acceptors (Lipinski definition) is 5. The lowest BCUT2D eigenvalue weighted by Crippen LogP contribution is -2.17. The van der Waals surface area contributed by atoms with Gasteiger partial charge >= 0.3 is 12.5 Å². The maximum absolute atomic E-state index is 13.4. The molecule has 0 saturated carbocycles. The summed E-state index contributed by atoms with van der Waals surface area (Å²) >= 11 is 0. The minimum Gasteiger partial charge on any atom is -0.406 e. The molecule has 0 spiro atoms. The fourth-order valence-corrected chi connectivity index (χ4v) is 2.88. The van der Waals surface area contributed by atoms with E-state index in [1.54, 1.807) is 0 Å². The van der Waals surface area contributed by atoms with Crippen LogP contribution in [0.1, 0.15) is 25.8 Å². The van der Waals surface area contributed by atoms with Crippen LogP contribution >= 0.6 is 0 Å². The standard InChI is InChI=1S/C22H20F6N4O/c1-3-13(2)29-20-31-18(14-7-6-8-15(11-14)33-22(26,27)28)12-19(32-20)30-17-10-5-4-9-16(17)21(23,24)25/h4-13H,3H2,1-2H3,(H2,29,30,31,32)/t13-/m1/s1. The van der Waals surface area contributed by atoms with E-state index in [0.29, 0.717) is 6.42 Å². The number of nitrogens with one attached hydrogen (secondary N) is 2. The maximum atomic E-state index is 13.4. The summed E-state index contributed by atoms with van der Waals surface area (Å²) in [5, 5.41) is 5.68. The van der Waals surface area contributed by atoms with Gasteiger partial charge in [-0.1, -0.05) is 31.2 Å². The van der Waals surface area contributed by atoms with Gasteiger partial charge in [0, 0.05) is 17.7 Å². The van der Waals surface area contributed by atoms with E-state index in [9.17, 15) is 26.3 Å². The van der Waals surface area contributed by atoms with Gasteiger partial charge in [0.25, 0.3) is 0 Å². The third-order valence-corrected chi connectivity index (χ3v) is 4.57. The maximum Gasteiger partial charge on any atom is 0.573 e. The molecule has 2 N–H and O–H groups in total. The molecule has 0 amide bonds. The van der Waals surface area contributed by atoms with E-state index in [2.05, 4.69) is 25.3 Å². The number of nitrogens with zero attached hydrogens (tertiary/aromatic N) is 2. The first-order chi connectivity index (χ1) is 15.4. The minimum absolute atomic E-state index is 0.0321. The molecule has 1 aromatic heterocycles. The molecule has 0 aliphatic heterocycles. The molecule has 0 aliphatic carbocycles. The van der Waals surface area contributed by atoms with E-state index in [1.165, 1.54) is 36.4 Å². The van der Waals surface area contributed by atoms with Gasteiger partial charge in [-0.25, -0.2) is 4.98 Å². The van der Waals surface area contributed by atoms with Crippen LogP contribution in [0.15, 0.2) is 54.6 Å². The Kier molecular flexibility index (Phi) is 6.99. The highest BCUT2D eigenvalue weighted by Gasteiger charge is 2.33. The molecule has 0 bridgehead atoms.